The Morgan fingerprint density at radius 3 is 2.35 bits per heavy atom. The van der Waals surface area contributed by atoms with Gasteiger partial charge in [-0.3, -0.25) is 11.3 Å². The molecule has 2 rings (SSSR count). The van der Waals surface area contributed by atoms with Crippen LogP contribution in [-0.2, 0) is 6.42 Å². The lowest BCUT2D eigenvalue weighted by molar-refractivity contribution is 0.552. The Labute approximate surface area is 129 Å². The van der Waals surface area contributed by atoms with Gasteiger partial charge in [-0.15, -0.1) is 0 Å². The topological polar surface area (TPSA) is 38.0 Å². The Morgan fingerprint density at radius 1 is 1.10 bits per heavy atom. The minimum absolute atomic E-state index is 0.0672. The van der Waals surface area contributed by atoms with E-state index in [9.17, 15) is 0 Å². The van der Waals surface area contributed by atoms with E-state index in [0.29, 0.717) is 10.0 Å². The molecule has 1 unspecified atom stereocenters. The van der Waals surface area contributed by atoms with Crippen molar-refractivity contribution in [3.05, 3.63) is 68.7 Å². The maximum Gasteiger partial charge on any atom is 0.0640 e. The van der Waals surface area contributed by atoms with Gasteiger partial charge in [-0.25, -0.2) is 0 Å². The normalized spacial score (nSPS) is 12.4. The van der Waals surface area contributed by atoms with Crippen molar-refractivity contribution in [3.63, 3.8) is 0 Å². The summed E-state index contributed by atoms with van der Waals surface area (Å²) >= 11 is 12.3. The number of hydrazine groups is 1. The number of hydrogen-bond acceptors (Lipinski definition) is 2. The van der Waals surface area contributed by atoms with Crippen molar-refractivity contribution in [3.8, 4) is 0 Å². The molecule has 0 spiro atoms. The highest BCUT2D eigenvalue weighted by Crippen LogP contribution is 2.31. The van der Waals surface area contributed by atoms with Crippen molar-refractivity contribution in [1.82, 2.24) is 5.43 Å². The van der Waals surface area contributed by atoms with Gasteiger partial charge in [0.05, 0.1) is 16.1 Å². The summed E-state index contributed by atoms with van der Waals surface area (Å²) < 4.78 is 0. The van der Waals surface area contributed by atoms with Gasteiger partial charge in [-0.1, -0.05) is 64.7 Å². The van der Waals surface area contributed by atoms with Crippen molar-refractivity contribution in [2.75, 3.05) is 0 Å². The van der Waals surface area contributed by atoms with E-state index in [4.69, 9.17) is 29.0 Å². The molecule has 0 aliphatic rings. The van der Waals surface area contributed by atoms with Crippen LogP contribution in [0.15, 0.2) is 36.4 Å². The molecule has 0 aliphatic carbocycles. The van der Waals surface area contributed by atoms with Gasteiger partial charge < -0.3 is 0 Å². The maximum atomic E-state index is 6.27. The van der Waals surface area contributed by atoms with Crippen LogP contribution in [0.1, 0.15) is 28.3 Å². The van der Waals surface area contributed by atoms with Crippen LogP contribution in [0.2, 0.25) is 10.0 Å². The molecule has 0 aliphatic heterocycles. The molecule has 0 aromatic heterocycles. The predicted octanol–water partition coefficient (Wildman–Crippen LogP) is 4.36. The Hall–Kier alpha value is -1.06. The van der Waals surface area contributed by atoms with Crippen LogP contribution in [0, 0.1) is 13.8 Å². The zero-order chi connectivity index (χ0) is 14.7. The van der Waals surface area contributed by atoms with E-state index in [0.717, 1.165) is 12.0 Å². The number of aryl methyl sites for hydroxylation is 2. The average Bonchev–Trinajstić information content (AvgIpc) is 2.38. The van der Waals surface area contributed by atoms with E-state index < -0.39 is 0 Å². The summed E-state index contributed by atoms with van der Waals surface area (Å²) in [5.74, 6) is 5.70. The number of halogens is 2. The van der Waals surface area contributed by atoms with Crippen LogP contribution in [0.4, 0.5) is 0 Å². The van der Waals surface area contributed by atoms with Crippen LogP contribution < -0.4 is 11.3 Å². The summed E-state index contributed by atoms with van der Waals surface area (Å²) in [4.78, 5) is 0. The van der Waals surface area contributed by atoms with Gasteiger partial charge in [0, 0.05) is 0 Å². The summed E-state index contributed by atoms with van der Waals surface area (Å²) in [5, 5.41) is 1.10. The van der Waals surface area contributed by atoms with Crippen LogP contribution in [0.5, 0.6) is 0 Å². The quantitative estimate of drug-likeness (QED) is 0.650. The molecular formula is C16H18Cl2N2. The fourth-order valence-corrected chi connectivity index (χ4v) is 2.91. The summed E-state index contributed by atoms with van der Waals surface area (Å²) in [7, 11) is 0. The molecule has 2 aromatic rings. The SMILES string of the molecule is Cc1cc(C)cc(CC(NN)c2cccc(Cl)c2Cl)c1. The predicted molar refractivity (Wildman–Crippen MR) is 86.1 cm³/mol. The molecular weight excluding hydrogens is 291 g/mol. The van der Waals surface area contributed by atoms with Gasteiger partial charge in [0.1, 0.15) is 0 Å². The van der Waals surface area contributed by atoms with Crippen molar-refractivity contribution in [1.29, 1.82) is 0 Å². The fraction of sp³-hybridized carbons (Fsp3) is 0.250. The van der Waals surface area contributed by atoms with E-state index in [1.165, 1.54) is 16.7 Å². The van der Waals surface area contributed by atoms with Crippen LogP contribution in [-0.4, -0.2) is 0 Å². The fourth-order valence-electron chi connectivity index (χ4n) is 2.47. The number of nitrogens with two attached hydrogens (primary N) is 1. The molecule has 0 heterocycles. The van der Waals surface area contributed by atoms with Crippen molar-refractivity contribution < 1.29 is 0 Å². The minimum Gasteiger partial charge on any atom is -0.271 e. The zero-order valence-electron chi connectivity index (χ0n) is 11.6. The molecule has 0 radical (unpaired) electrons. The van der Waals surface area contributed by atoms with Crippen molar-refractivity contribution in [2.45, 2.75) is 26.3 Å². The highest BCUT2D eigenvalue weighted by atomic mass is 35.5. The molecule has 1 atom stereocenters. The second-order valence-electron chi connectivity index (χ2n) is 5.06. The Balaban J connectivity index is 2.31. The van der Waals surface area contributed by atoms with Crippen LogP contribution in [0.25, 0.3) is 0 Å². The highest BCUT2D eigenvalue weighted by molar-refractivity contribution is 6.42. The van der Waals surface area contributed by atoms with E-state index >= 15 is 0 Å². The summed E-state index contributed by atoms with van der Waals surface area (Å²) in [5.41, 5.74) is 7.46. The first-order valence-corrected chi connectivity index (χ1v) is 7.24. The molecule has 0 saturated heterocycles. The van der Waals surface area contributed by atoms with Crippen LogP contribution in [0.3, 0.4) is 0 Å². The van der Waals surface area contributed by atoms with Crippen LogP contribution >= 0.6 is 23.2 Å². The molecule has 3 N–H and O–H groups in total. The van der Waals surface area contributed by atoms with Gasteiger partial charge in [0.2, 0.25) is 0 Å². The highest BCUT2D eigenvalue weighted by Gasteiger charge is 2.16. The first-order chi connectivity index (χ1) is 9.51. The molecule has 0 fully saturated rings. The second kappa shape index (κ2) is 6.59. The lowest BCUT2D eigenvalue weighted by Gasteiger charge is -2.19. The van der Waals surface area contributed by atoms with Gasteiger partial charge >= 0.3 is 0 Å². The standard InChI is InChI=1S/C16H18Cl2N2/c1-10-6-11(2)8-12(7-10)9-15(20-19)13-4-3-5-14(17)16(13)18/h3-8,15,20H,9,19H2,1-2H3. The van der Waals surface area contributed by atoms with Crippen molar-refractivity contribution >= 4 is 23.2 Å². The molecule has 0 bridgehead atoms. The van der Waals surface area contributed by atoms with E-state index in [-0.39, 0.29) is 6.04 Å². The number of benzene rings is 2. The first kappa shape index (κ1) is 15.3. The Bertz CT molecular complexity index is 591. The van der Waals surface area contributed by atoms with E-state index in [1.54, 1.807) is 6.07 Å². The lowest BCUT2D eigenvalue weighted by atomic mass is 9.97. The van der Waals surface area contributed by atoms with Crippen molar-refractivity contribution in [2.24, 2.45) is 5.84 Å². The molecule has 20 heavy (non-hydrogen) atoms. The number of rotatable bonds is 4. The first-order valence-electron chi connectivity index (χ1n) is 6.48. The molecule has 0 saturated carbocycles. The summed E-state index contributed by atoms with van der Waals surface area (Å²) in [6.45, 7) is 4.18. The molecule has 2 nitrogen and oxygen atoms in total. The van der Waals surface area contributed by atoms with E-state index in [2.05, 4.69) is 37.5 Å². The number of hydrogen-bond donors (Lipinski definition) is 2. The minimum atomic E-state index is -0.0672. The van der Waals surface area contributed by atoms with Gasteiger partial charge in [-0.2, -0.15) is 0 Å². The number of nitrogens with one attached hydrogen (secondary N) is 1. The Kier molecular flexibility index (Phi) is 5.06. The third-order valence-electron chi connectivity index (χ3n) is 3.28. The average molecular weight is 309 g/mol. The van der Waals surface area contributed by atoms with Gasteiger partial charge in [0.25, 0.3) is 0 Å². The molecule has 4 heteroatoms. The third kappa shape index (κ3) is 3.53. The second-order valence-corrected chi connectivity index (χ2v) is 5.85. The summed E-state index contributed by atoms with van der Waals surface area (Å²) in [6.07, 6.45) is 0.763. The zero-order valence-corrected chi connectivity index (χ0v) is 13.1. The van der Waals surface area contributed by atoms with Gasteiger partial charge in [0.15, 0.2) is 0 Å². The largest absolute Gasteiger partial charge is 0.271 e. The maximum absolute atomic E-state index is 6.27. The molecule has 2 aromatic carbocycles. The monoisotopic (exact) mass is 308 g/mol. The van der Waals surface area contributed by atoms with Gasteiger partial charge in [-0.05, 0) is 37.5 Å². The third-order valence-corrected chi connectivity index (χ3v) is 4.11. The Morgan fingerprint density at radius 2 is 1.75 bits per heavy atom. The van der Waals surface area contributed by atoms with E-state index in [1.807, 2.05) is 12.1 Å². The summed E-state index contributed by atoms with van der Waals surface area (Å²) in [6, 6.07) is 12.0. The lowest BCUT2D eigenvalue weighted by Crippen LogP contribution is -2.29. The smallest absolute Gasteiger partial charge is 0.0640 e. The molecule has 106 valence electrons. The molecule has 0 amide bonds.